The lowest BCUT2D eigenvalue weighted by atomic mass is 9.91. The summed E-state index contributed by atoms with van der Waals surface area (Å²) in [5, 5.41) is 3.06. The van der Waals surface area contributed by atoms with E-state index in [1.54, 1.807) is 35.5 Å². The van der Waals surface area contributed by atoms with E-state index in [1.807, 2.05) is 42.5 Å². The largest absolute Gasteiger partial charge is 0.454 e. The van der Waals surface area contributed by atoms with Gasteiger partial charge in [0.1, 0.15) is 5.54 Å². The van der Waals surface area contributed by atoms with Crippen molar-refractivity contribution < 1.29 is 19.1 Å². The molecule has 7 nitrogen and oxygen atoms in total. The Morgan fingerprint density at radius 2 is 1.71 bits per heavy atom. The van der Waals surface area contributed by atoms with E-state index in [-0.39, 0.29) is 25.0 Å². The lowest BCUT2D eigenvalue weighted by molar-refractivity contribution is -0.145. The number of hydrogen-bond donors (Lipinski definition) is 1. The number of amides is 2. The van der Waals surface area contributed by atoms with Crippen molar-refractivity contribution in [2.24, 2.45) is 0 Å². The molecule has 0 unspecified atom stereocenters. The fourth-order valence-electron chi connectivity index (χ4n) is 4.82. The molecule has 2 aliphatic rings. The molecule has 2 amide bonds. The van der Waals surface area contributed by atoms with Crippen molar-refractivity contribution >= 4 is 17.5 Å². The molecule has 1 aromatic heterocycles. The summed E-state index contributed by atoms with van der Waals surface area (Å²) in [6.45, 7) is 0.498. The first-order valence-electron chi connectivity index (χ1n) is 11.6. The van der Waals surface area contributed by atoms with Gasteiger partial charge in [0.05, 0.1) is 6.42 Å². The minimum absolute atomic E-state index is 0.0715. The number of carbonyl (C=O) groups excluding carboxylic acids is 2. The Balaban J connectivity index is 1.45. The second-order valence-corrected chi connectivity index (χ2v) is 8.76. The van der Waals surface area contributed by atoms with Gasteiger partial charge in [-0.1, -0.05) is 49.2 Å². The molecule has 1 fully saturated rings. The Morgan fingerprint density at radius 3 is 2.47 bits per heavy atom. The summed E-state index contributed by atoms with van der Waals surface area (Å²) < 4.78 is 10.8. The summed E-state index contributed by atoms with van der Waals surface area (Å²) in [6.07, 6.45) is 6.69. The Morgan fingerprint density at radius 1 is 0.941 bits per heavy atom. The number of aromatic nitrogens is 1. The van der Waals surface area contributed by atoms with Gasteiger partial charge in [-0.15, -0.1) is 0 Å². The maximum Gasteiger partial charge on any atom is 0.250 e. The Bertz CT molecular complexity index is 1160. The molecular formula is C27H27N3O4. The summed E-state index contributed by atoms with van der Waals surface area (Å²) in [7, 11) is 0. The van der Waals surface area contributed by atoms with Crippen LogP contribution in [0.1, 0.15) is 36.8 Å². The van der Waals surface area contributed by atoms with Crippen molar-refractivity contribution in [3.8, 4) is 11.5 Å². The van der Waals surface area contributed by atoms with Crippen LogP contribution in [0.15, 0.2) is 73.1 Å². The third-order valence-electron chi connectivity index (χ3n) is 6.56. The summed E-state index contributed by atoms with van der Waals surface area (Å²) in [6, 6.07) is 18.8. The zero-order chi connectivity index (χ0) is 23.4. The monoisotopic (exact) mass is 457 g/mol. The minimum atomic E-state index is -0.932. The van der Waals surface area contributed by atoms with E-state index in [2.05, 4.69) is 10.3 Å². The SMILES string of the molecule is O=C(Cc1ccccc1)N(Cc1cccnc1)C1(C(=O)Nc2ccc3c(c2)OCO3)CCCC1. The standard InChI is InChI=1S/C27H27N3O4/c31-25(15-20-7-2-1-3-8-20)30(18-21-9-6-14-28-17-21)27(12-4-5-13-27)26(32)29-22-10-11-23-24(16-22)34-19-33-23/h1-3,6-11,14,16-17H,4-5,12-13,15,18-19H2,(H,29,32). The molecule has 34 heavy (non-hydrogen) atoms. The number of rotatable bonds is 7. The quantitative estimate of drug-likeness (QED) is 0.571. The summed E-state index contributed by atoms with van der Waals surface area (Å²) in [5.41, 5.74) is 1.51. The number of anilines is 1. The van der Waals surface area contributed by atoms with Crippen molar-refractivity contribution in [1.29, 1.82) is 0 Å². The molecule has 7 heteroatoms. The third-order valence-corrected chi connectivity index (χ3v) is 6.56. The lowest BCUT2D eigenvalue weighted by Gasteiger charge is -2.40. The molecule has 0 spiro atoms. The van der Waals surface area contributed by atoms with Gasteiger partial charge in [-0.25, -0.2) is 0 Å². The van der Waals surface area contributed by atoms with E-state index >= 15 is 0 Å². The maximum absolute atomic E-state index is 13.8. The molecule has 1 N–H and O–H groups in total. The average Bonchev–Trinajstić information content (AvgIpc) is 3.54. The van der Waals surface area contributed by atoms with E-state index < -0.39 is 5.54 Å². The van der Waals surface area contributed by atoms with Crippen LogP contribution in [-0.4, -0.2) is 34.0 Å². The van der Waals surface area contributed by atoms with Crippen molar-refractivity contribution in [2.45, 2.75) is 44.2 Å². The second kappa shape index (κ2) is 9.55. The van der Waals surface area contributed by atoms with Crippen molar-refractivity contribution in [3.05, 3.63) is 84.2 Å². The highest BCUT2D eigenvalue weighted by Gasteiger charge is 2.48. The molecule has 2 aromatic carbocycles. The molecule has 1 aliphatic heterocycles. The second-order valence-electron chi connectivity index (χ2n) is 8.76. The lowest BCUT2D eigenvalue weighted by Crippen LogP contribution is -2.57. The first kappa shape index (κ1) is 21.9. The van der Waals surface area contributed by atoms with Gasteiger partial charge in [-0.2, -0.15) is 0 Å². The van der Waals surface area contributed by atoms with Crippen LogP contribution >= 0.6 is 0 Å². The Kier molecular flexibility index (Phi) is 6.16. The molecule has 0 saturated heterocycles. The Hall–Kier alpha value is -3.87. The molecule has 0 atom stereocenters. The van der Waals surface area contributed by atoms with Crippen LogP contribution in [0.3, 0.4) is 0 Å². The van der Waals surface area contributed by atoms with E-state index in [1.165, 1.54) is 0 Å². The first-order valence-corrected chi connectivity index (χ1v) is 11.6. The number of nitrogens with zero attached hydrogens (tertiary/aromatic N) is 2. The molecule has 1 aliphatic carbocycles. The minimum Gasteiger partial charge on any atom is -0.454 e. The molecule has 174 valence electrons. The van der Waals surface area contributed by atoms with Gasteiger partial charge in [0.15, 0.2) is 11.5 Å². The van der Waals surface area contributed by atoms with Crippen LogP contribution in [0, 0.1) is 0 Å². The number of benzene rings is 2. The summed E-state index contributed by atoms with van der Waals surface area (Å²) in [5.74, 6) is 1.02. The van der Waals surface area contributed by atoms with E-state index in [0.29, 0.717) is 36.6 Å². The smallest absolute Gasteiger partial charge is 0.250 e. The predicted octanol–water partition coefficient (Wildman–Crippen LogP) is 4.33. The van der Waals surface area contributed by atoms with Crippen molar-refractivity contribution in [3.63, 3.8) is 0 Å². The van der Waals surface area contributed by atoms with E-state index in [4.69, 9.17) is 9.47 Å². The maximum atomic E-state index is 13.8. The van der Waals surface area contributed by atoms with Crippen molar-refractivity contribution in [2.75, 3.05) is 12.1 Å². The zero-order valence-corrected chi connectivity index (χ0v) is 18.9. The third kappa shape index (κ3) is 4.46. The number of carbonyl (C=O) groups is 2. The van der Waals surface area contributed by atoms with Crippen LogP contribution in [0.4, 0.5) is 5.69 Å². The van der Waals surface area contributed by atoms with Gasteiger partial charge >= 0.3 is 0 Å². The molecule has 5 rings (SSSR count). The number of hydrogen-bond acceptors (Lipinski definition) is 5. The molecule has 3 aromatic rings. The highest BCUT2D eigenvalue weighted by atomic mass is 16.7. The van der Waals surface area contributed by atoms with Crippen LogP contribution in [0.25, 0.3) is 0 Å². The number of fused-ring (bicyclic) bond motifs is 1. The highest BCUT2D eigenvalue weighted by molar-refractivity contribution is 6.01. The first-order chi connectivity index (χ1) is 16.6. The Labute approximate surface area is 198 Å². The van der Waals surface area contributed by atoms with Crippen LogP contribution in [0.2, 0.25) is 0 Å². The van der Waals surface area contributed by atoms with E-state index in [9.17, 15) is 9.59 Å². The fraction of sp³-hybridized carbons (Fsp3) is 0.296. The molecule has 0 bridgehead atoms. The number of nitrogens with one attached hydrogen (secondary N) is 1. The molecule has 1 saturated carbocycles. The predicted molar refractivity (Wildman–Crippen MR) is 127 cm³/mol. The summed E-state index contributed by atoms with van der Waals surface area (Å²) in [4.78, 5) is 33.5. The van der Waals surface area contributed by atoms with Crippen LogP contribution in [0.5, 0.6) is 11.5 Å². The van der Waals surface area contributed by atoms with Gasteiger partial charge in [0, 0.05) is 30.7 Å². The normalized spacial score (nSPS) is 15.6. The van der Waals surface area contributed by atoms with Crippen molar-refractivity contribution in [1.82, 2.24) is 9.88 Å². The topological polar surface area (TPSA) is 80.8 Å². The molecular weight excluding hydrogens is 430 g/mol. The average molecular weight is 458 g/mol. The van der Waals surface area contributed by atoms with Gasteiger partial charge in [-0.3, -0.25) is 14.6 Å². The molecule has 2 heterocycles. The highest BCUT2D eigenvalue weighted by Crippen LogP contribution is 2.39. The van der Waals surface area contributed by atoms with Gasteiger partial charge < -0.3 is 19.7 Å². The fourth-order valence-corrected chi connectivity index (χ4v) is 4.82. The van der Waals surface area contributed by atoms with Gasteiger partial charge in [0.2, 0.25) is 18.6 Å². The summed E-state index contributed by atoms with van der Waals surface area (Å²) >= 11 is 0. The van der Waals surface area contributed by atoms with Crippen LogP contribution in [-0.2, 0) is 22.6 Å². The van der Waals surface area contributed by atoms with Gasteiger partial charge in [-0.05, 0) is 42.2 Å². The van der Waals surface area contributed by atoms with Crippen LogP contribution < -0.4 is 14.8 Å². The number of pyridine rings is 1. The zero-order valence-electron chi connectivity index (χ0n) is 18.9. The molecule has 0 radical (unpaired) electrons. The number of ether oxygens (including phenoxy) is 2. The van der Waals surface area contributed by atoms with Gasteiger partial charge in [0.25, 0.3) is 0 Å². The van der Waals surface area contributed by atoms with E-state index in [0.717, 1.165) is 24.0 Å².